The number of aryl methyl sites for hydroxylation is 1. The van der Waals surface area contributed by atoms with E-state index in [1.807, 2.05) is 62.4 Å². The van der Waals surface area contributed by atoms with Gasteiger partial charge in [0.15, 0.2) is 6.61 Å². The van der Waals surface area contributed by atoms with Gasteiger partial charge in [-0.15, -0.1) is 0 Å². The molecule has 0 saturated carbocycles. The largest absolute Gasteiger partial charge is 0.457 e. The molecule has 3 aromatic carbocycles. The molecule has 0 spiro atoms. The van der Waals surface area contributed by atoms with Crippen molar-refractivity contribution < 1.29 is 23.9 Å². The zero-order chi connectivity index (χ0) is 24.1. The molecule has 34 heavy (non-hydrogen) atoms. The predicted molar refractivity (Wildman–Crippen MR) is 129 cm³/mol. The highest BCUT2D eigenvalue weighted by Crippen LogP contribution is 2.30. The first-order chi connectivity index (χ1) is 16.4. The molecule has 1 saturated heterocycles. The highest BCUT2D eigenvalue weighted by molar-refractivity contribution is 6.00. The van der Waals surface area contributed by atoms with E-state index in [9.17, 15) is 14.4 Å². The van der Waals surface area contributed by atoms with Crippen molar-refractivity contribution in [2.75, 3.05) is 23.4 Å². The summed E-state index contributed by atoms with van der Waals surface area (Å²) in [6.07, 6.45) is 0.0662. The number of para-hydroxylation sites is 1. The van der Waals surface area contributed by atoms with Crippen LogP contribution in [0.15, 0.2) is 72.8 Å². The molecule has 1 N–H and O–H groups in total. The molecule has 0 aliphatic carbocycles. The van der Waals surface area contributed by atoms with Gasteiger partial charge in [-0.3, -0.25) is 14.4 Å². The number of benzene rings is 3. The lowest BCUT2D eigenvalue weighted by Gasteiger charge is -2.20. The quantitative estimate of drug-likeness (QED) is 0.522. The number of anilines is 2. The molecule has 1 atom stereocenters. The molecule has 2 amide bonds. The molecule has 0 unspecified atom stereocenters. The Morgan fingerprint density at radius 2 is 1.65 bits per heavy atom. The molecule has 0 bridgehead atoms. The summed E-state index contributed by atoms with van der Waals surface area (Å²) in [5.74, 6) is -0.390. The van der Waals surface area contributed by atoms with Crippen LogP contribution < -0.4 is 15.0 Å². The third kappa shape index (κ3) is 5.43. The average molecular weight is 459 g/mol. The van der Waals surface area contributed by atoms with E-state index < -0.39 is 24.4 Å². The molecule has 1 fully saturated rings. The molecule has 1 aliphatic heterocycles. The Morgan fingerprint density at radius 1 is 0.941 bits per heavy atom. The maximum absolute atomic E-state index is 12.5. The number of rotatable bonds is 7. The molecule has 7 nitrogen and oxygen atoms in total. The van der Waals surface area contributed by atoms with Gasteiger partial charge in [-0.1, -0.05) is 30.3 Å². The van der Waals surface area contributed by atoms with Crippen molar-refractivity contribution in [1.29, 1.82) is 0 Å². The third-order valence-corrected chi connectivity index (χ3v) is 5.79. The van der Waals surface area contributed by atoms with E-state index in [-0.39, 0.29) is 18.9 Å². The van der Waals surface area contributed by atoms with Gasteiger partial charge in [-0.2, -0.15) is 0 Å². The highest BCUT2D eigenvalue weighted by Gasteiger charge is 2.37. The Morgan fingerprint density at radius 3 is 2.38 bits per heavy atom. The fraction of sp³-hybridized carbons (Fsp3) is 0.222. The number of esters is 1. The number of hydrogen-bond donors (Lipinski definition) is 1. The summed E-state index contributed by atoms with van der Waals surface area (Å²) in [7, 11) is 0. The Bertz CT molecular complexity index is 1190. The van der Waals surface area contributed by atoms with Gasteiger partial charge in [-0.25, -0.2) is 0 Å². The lowest BCUT2D eigenvalue weighted by Crippen LogP contribution is -2.28. The molecule has 174 valence electrons. The molecule has 1 aliphatic rings. The maximum atomic E-state index is 12.5. The van der Waals surface area contributed by atoms with Gasteiger partial charge in [0.05, 0.1) is 5.92 Å². The van der Waals surface area contributed by atoms with E-state index in [2.05, 4.69) is 5.32 Å². The van der Waals surface area contributed by atoms with E-state index in [0.717, 1.165) is 16.8 Å². The van der Waals surface area contributed by atoms with Crippen molar-refractivity contribution in [3.05, 3.63) is 83.9 Å². The molecular formula is C27H26N2O5. The van der Waals surface area contributed by atoms with Gasteiger partial charge in [0.2, 0.25) is 5.91 Å². The van der Waals surface area contributed by atoms with Crippen molar-refractivity contribution >= 4 is 29.2 Å². The number of nitrogens with one attached hydrogen (secondary N) is 1. The van der Waals surface area contributed by atoms with Gasteiger partial charge in [0, 0.05) is 24.3 Å². The molecule has 0 aromatic heterocycles. The number of carbonyl (C=O) groups excluding carboxylic acids is 3. The fourth-order valence-electron chi connectivity index (χ4n) is 3.81. The second-order valence-corrected chi connectivity index (χ2v) is 8.22. The fourth-order valence-corrected chi connectivity index (χ4v) is 3.81. The van der Waals surface area contributed by atoms with Crippen LogP contribution in [-0.2, 0) is 19.1 Å². The van der Waals surface area contributed by atoms with Crippen molar-refractivity contribution in [2.45, 2.75) is 20.3 Å². The topological polar surface area (TPSA) is 84.9 Å². The van der Waals surface area contributed by atoms with Crippen LogP contribution in [0, 0.1) is 19.8 Å². The second-order valence-electron chi connectivity index (χ2n) is 8.22. The average Bonchev–Trinajstić information content (AvgIpc) is 3.22. The van der Waals surface area contributed by atoms with Crippen molar-refractivity contribution in [1.82, 2.24) is 0 Å². The first kappa shape index (κ1) is 23.0. The standard InChI is InChI=1S/C27H26N2O5/c1-18-7-6-10-24(19(18)2)29-16-20(15-26(29)31)27(32)33-17-25(30)28-21-11-13-23(14-12-21)34-22-8-4-3-5-9-22/h3-14,20H,15-17H2,1-2H3,(H,28,30)/t20-/m0/s1. The van der Waals surface area contributed by atoms with Gasteiger partial charge in [0.25, 0.3) is 5.91 Å². The van der Waals surface area contributed by atoms with Crippen molar-refractivity contribution in [3.63, 3.8) is 0 Å². The summed E-state index contributed by atoms with van der Waals surface area (Å²) in [5.41, 5.74) is 3.44. The molecule has 0 radical (unpaired) electrons. The predicted octanol–water partition coefficient (Wildman–Crippen LogP) is 4.63. The minimum Gasteiger partial charge on any atom is -0.457 e. The maximum Gasteiger partial charge on any atom is 0.311 e. The summed E-state index contributed by atoms with van der Waals surface area (Å²) >= 11 is 0. The molecule has 7 heteroatoms. The van der Waals surface area contributed by atoms with Crippen LogP contribution >= 0.6 is 0 Å². The number of carbonyl (C=O) groups is 3. The lowest BCUT2D eigenvalue weighted by atomic mass is 10.1. The number of ether oxygens (including phenoxy) is 2. The Labute approximate surface area is 198 Å². The second kappa shape index (κ2) is 10.2. The van der Waals surface area contributed by atoms with Gasteiger partial charge in [-0.05, 0) is 67.4 Å². The highest BCUT2D eigenvalue weighted by atomic mass is 16.5. The van der Waals surface area contributed by atoms with E-state index in [1.165, 1.54) is 0 Å². The molecular weight excluding hydrogens is 432 g/mol. The summed E-state index contributed by atoms with van der Waals surface area (Å²) < 4.78 is 10.9. The van der Waals surface area contributed by atoms with E-state index in [4.69, 9.17) is 9.47 Å². The lowest BCUT2D eigenvalue weighted by molar-refractivity contribution is -0.151. The monoisotopic (exact) mass is 458 g/mol. The first-order valence-electron chi connectivity index (χ1n) is 11.1. The molecule has 4 rings (SSSR count). The Hall–Kier alpha value is -4.13. The minimum atomic E-state index is -0.602. The molecule has 3 aromatic rings. The summed E-state index contributed by atoms with van der Waals surface area (Å²) in [6.45, 7) is 3.75. The minimum absolute atomic E-state index is 0.0662. The van der Waals surface area contributed by atoms with Crippen molar-refractivity contribution in [3.8, 4) is 11.5 Å². The third-order valence-electron chi connectivity index (χ3n) is 5.79. The normalized spacial score (nSPS) is 15.2. The van der Waals surface area contributed by atoms with E-state index in [1.54, 1.807) is 29.2 Å². The van der Waals surface area contributed by atoms with E-state index >= 15 is 0 Å². The van der Waals surface area contributed by atoms with Crippen LogP contribution in [0.1, 0.15) is 17.5 Å². The van der Waals surface area contributed by atoms with E-state index in [0.29, 0.717) is 17.2 Å². The molecule has 1 heterocycles. The smallest absolute Gasteiger partial charge is 0.311 e. The zero-order valence-corrected chi connectivity index (χ0v) is 19.1. The van der Waals surface area contributed by atoms with Crippen LogP contribution in [-0.4, -0.2) is 30.9 Å². The zero-order valence-electron chi connectivity index (χ0n) is 19.1. The summed E-state index contributed by atoms with van der Waals surface area (Å²) in [4.78, 5) is 38.9. The number of hydrogen-bond acceptors (Lipinski definition) is 5. The number of nitrogens with zero attached hydrogens (tertiary/aromatic N) is 1. The Balaban J connectivity index is 1.26. The van der Waals surface area contributed by atoms with Crippen LogP contribution in [0.3, 0.4) is 0 Å². The van der Waals surface area contributed by atoms with Gasteiger partial charge in [0.1, 0.15) is 11.5 Å². The van der Waals surface area contributed by atoms with Crippen LogP contribution in [0.2, 0.25) is 0 Å². The van der Waals surface area contributed by atoms with Crippen LogP contribution in [0.5, 0.6) is 11.5 Å². The number of amides is 2. The summed E-state index contributed by atoms with van der Waals surface area (Å²) in [5, 5.41) is 2.69. The summed E-state index contributed by atoms with van der Waals surface area (Å²) in [6, 6.07) is 22.0. The van der Waals surface area contributed by atoms with Crippen molar-refractivity contribution in [2.24, 2.45) is 5.92 Å². The van der Waals surface area contributed by atoms with Crippen LogP contribution in [0.25, 0.3) is 0 Å². The SMILES string of the molecule is Cc1cccc(N2C[C@@H](C(=O)OCC(=O)Nc3ccc(Oc4ccccc4)cc3)CC2=O)c1C. The van der Waals surface area contributed by atoms with Crippen LogP contribution in [0.4, 0.5) is 11.4 Å². The first-order valence-corrected chi connectivity index (χ1v) is 11.1. The van der Waals surface area contributed by atoms with Gasteiger partial charge >= 0.3 is 5.97 Å². The van der Waals surface area contributed by atoms with Gasteiger partial charge < -0.3 is 19.7 Å². The Kier molecular flexibility index (Phi) is 6.92.